The van der Waals surface area contributed by atoms with Crippen LogP contribution in [0.2, 0.25) is 0 Å². The van der Waals surface area contributed by atoms with Crippen LogP contribution in [0.1, 0.15) is 17.9 Å². The van der Waals surface area contributed by atoms with Crippen LogP contribution in [0.25, 0.3) is 0 Å². The number of fused-ring (bicyclic) bond motifs is 1. The minimum Gasteiger partial charge on any atom is -0.509 e. The zero-order valence-corrected chi connectivity index (χ0v) is 14.2. The molecule has 0 aromatic heterocycles. The van der Waals surface area contributed by atoms with Gasteiger partial charge in [-0.25, -0.2) is 4.79 Å². The molecule has 0 bridgehead atoms. The van der Waals surface area contributed by atoms with E-state index >= 15 is 0 Å². The van der Waals surface area contributed by atoms with E-state index in [0.29, 0.717) is 5.75 Å². The van der Waals surface area contributed by atoms with Crippen molar-refractivity contribution in [2.75, 3.05) is 12.4 Å². The van der Waals surface area contributed by atoms with Gasteiger partial charge in [-0.2, -0.15) is 0 Å². The summed E-state index contributed by atoms with van der Waals surface area (Å²) in [6.45, 7) is 1.83. The van der Waals surface area contributed by atoms with E-state index in [2.05, 4.69) is 15.9 Å². The molecule has 2 aliphatic heterocycles. The standard InChI is InChI=1S/C15H14BrNO4S/c1-2-21-15(20)11-12(18)10-7-22-14(17(10)13(11)19)8-4-3-5-9(16)6-8/h3-6,10,14,18H,2,7H2,1H3/t10?,14-/m0/s1. The van der Waals surface area contributed by atoms with Gasteiger partial charge < -0.3 is 14.7 Å². The van der Waals surface area contributed by atoms with Crippen molar-refractivity contribution < 1.29 is 19.4 Å². The lowest BCUT2D eigenvalue weighted by Gasteiger charge is -2.24. The van der Waals surface area contributed by atoms with E-state index in [-0.39, 0.29) is 23.3 Å². The maximum Gasteiger partial charge on any atom is 0.347 e. The predicted molar refractivity (Wildman–Crippen MR) is 86.3 cm³/mol. The molecule has 2 atom stereocenters. The topological polar surface area (TPSA) is 66.8 Å². The van der Waals surface area contributed by atoms with Gasteiger partial charge in [-0.15, -0.1) is 11.8 Å². The number of amides is 1. The van der Waals surface area contributed by atoms with Crippen LogP contribution in [0.4, 0.5) is 0 Å². The average Bonchev–Trinajstić information content (AvgIpc) is 3.01. The molecule has 1 saturated heterocycles. The first-order chi connectivity index (χ1) is 10.5. The zero-order chi connectivity index (χ0) is 15.9. The van der Waals surface area contributed by atoms with E-state index in [4.69, 9.17) is 4.74 Å². The van der Waals surface area contributed by atoms with Crippen molar-refractivity contribution in [2.45, 2.75) is 18.3 Å². The fraction of sp³-hybridized carbons (Fsp3) is 0.333. The number of carbonyl (C=O) groups is 2. The lowest BCUT2D eigenvalue weighted by atomic mass is 10.2. The van der Waals surface area contributed by atoms with Gasteiger partial charge in [-0.05, 0) is 24.6 Å². The Kier molecular flexibility index (Phi) is 4.18. The smallest absolute Gasteiger partial charge is 0.347 e. The molecule has 1 amide bonds. The minimum atomic E-state index is -0.752. The van der Waals surface area contributed by atoms with E-state index in [0.717, 1.165) is 10.0 Å². The van der Waals surface area contributed by atoms with Crippen molar-refractivity contribution in [3.8, 4) is 0 Å². The summed E-state index contributed by atoms with van der Waals surface area (Å²) in [4.78, 5) is 26.0. The minimum absolute atomic E-state index is 0.164. The number of aliphatic hydroxyl groups excluding tert-OH is 1. The number of carbonyl (C=O) groups excluding carboxylic acids is 2. The molecule has 3 rings (SSSR count). The summed E-state index contributed by atoms with van der Waals surface area (Å²) in [5.41, 5.74) is 0.722. The number of benzene rings is 1. The Morgan fingerprint density at radius 1 is 1.55 bits per heavy atom. The van der Waals surface area contributed by atoms with Gasteiger partial charge >= 0.3 is 5.97 Å². The number of ether oxygens (including phenoxy) is 1. The van der Waals surface area contributed by atoms with Crippen LogP contribution >= 0.6 is 27.7 Å². The SMILES string of the molecule is CCOC(=O)C1=C(O)C2CS[C@@H](c3cccc(Br)c3)N2C1=O. The van der Waals surface area contributed by atoms with Crippen molar-refractivity contribution in [1.29, 1.82) is 0 Å². The number of nitrogens with zero attached hydrogens (tertiary/aromatic N) is 1. The van der Waals surface area contributed by atoms with Crippen molar-refractivity contribution >= 4 is 39.6 Å². The lowest BCUT2D eigenvalue weighted by Crippen LogP contribution is -2.34. The maximum atomic E-state index is 12.6. The molecule has 7 heteroatoms. The summed E-state index contributed by atoms with van der Waals surface area (Å²) < 4.78 is 5.79. The summed E-state index contributed by atoms with van der Waals surface area (Å²) in [5, 5.41) is 10.0. The first kappa shape index (κ1) is 15.4. The monoisotopic (exact) mass is 383 g/mol. The molecule has 1 aromatic carbocycles. The highest BCUT2D eigenvalue weighted by molar-refractivity contribution is 9.10. The Balaban J connectivity index is 1.92. The fourth-order valence-corrected chi connectivity index (χ4v) is 4.52. The molecule has 116 valence electrons. The first-order valence-electron chi connectivity index (χ1n) is 6.84. The largest absolute Gasteiger partial charge is 0.509 e. The fourth-order valence-electron chi connectivity index (χ4n) is 2.68. The molecule has 0 radical (unpaired) electrons. The molecular formula is C15H14BrNO4S. The van der Waals surface area contributed by atoms with Crippen LogP contribution in [-0.4, -0.2) is 40.3 Å². The van der Waals surface area contributed by atoms with E-state index < -0.39 is 17.9 Å². The molecule has 2 aliphatic rings. The first-order valence-corrected chi connectivity index (χ1v) is 8.68. The lowest BCUT2D eigenvalue weighted by molar-refractivity contribution is -0.141. The average molecular weight is 384 g/mol. The number of halogens is 1. The third-order valence-corrected chi connectivity index (χ3v) is 5.45. The highest BCUT2D eigenvalue weighted by atomic mass is 79.9. The van der Waals surface area contributed by atoms with Gasteiger partial charge in [-0.1, -0.05) is 28.1 Å². The summed E-state index contributed by atoms with van der Waals surface area (Å²) in [7, 11) is 0. The Labute approximate surface area is 140 Å². The van der Waals surface area contributed by atoms with Crippen molar-refractivity contribution in [3.05, 3.63) is 45.6 Å². The predicted octanol–water partition coefficient (Wildman–Crippen LogP) is 2.78. The van der Waals surface area contributed by atoms with E-state index in [1.54, 1.807) is 23.6 Å². The molecule has 1 unspecified atom stereocenters. The number of rotatable bonds is 3. The summed E-state index contributed by atoms with van der Waals surface area (Å²) in [6.07, 6.45) is 0. The van der Waals surface area contributed by atoms with Crippen LogP contribution in [0.15, 0.2) is 40.1 Å². The Hall–Kier alpha value is -1.47. The number of thioether (sulfide) groups is 1. The molecule has 2 heterocycles. The van der Waals surface area contributed by atoms with Gasteiger partial charge in [0.2, 0.25) is 0 Å². The van der Waals surface area contributed by atoms with Gasteiger partial charge in [0.15, 0.2) is 5.57 Å². The molecule has 5 nitrogen and oxygen atoms in total. The van der Waals surface area contributed by atoms with Crippen LogP contribution in [0.3, 0.4) is 0 Å². The van der Waals surface area contributed by atoms with Crippen LogP contribution in [0.5, 0.6) is 0 Å². The second-order valence-corrected chi connectivity index (χ2v) is 6.98. The van der Waals surface area contributed by atoms with Crippen LogP contribution in [0, 0.1) is 0 Å². The van der Waals surface area contributed by atoms with Gasteiger partial charge in [0.25, 0.3) is 5.91 Å². The normalized spacial score (nSPS) is 23.9. The molecule has 1 fully saturated rings. The van der Waals surface area contributed by atoms with Gasteiger partial charge in [0.05, 0.1) is 6.61 Å². The Bertz CT molecular complexity index is 675. The second-order valence-electron chi connectivity index (χ2n) is 4.95. The highest BCUT2D eigenvalue weighted by Crippen LogP contribution is 2.47. The second kappa shape index (κ2) is 5.96. The summed E-state index contributed by atoms with van der Waals surface area (Å²) >= 11 is 4.99. The maximum absolute atomic E-state index is 12.6. The van der Waals surface area contributed by atoms with Crippen molar-refractivity contribution in [1.82, 2.24) is 4.90 Å². The van der Waals surface area contributed by atoms with Gasteiger partial charge in [-0.3, -0.25) is 4.79 Å². The highest BCUT2D eigenvalue weighted by Gasteiger charge is 2.50. The van der Waals surface area contributed by atoms with E-state index in [1.165, 1.54) is 0 Å². The Morgan fingerprint density at radius 2 is 2.32 bits per heavy atom. The zero-order valence-electron chi connectivity index (χ0n) is 11.8. The van der Waals surface area contributed by atoms with Crippen molar-refractivity contribution in [2.24, 2.45) is 0 Å². The van der Waals surface area contributed by atoms with Crippen LogP contribution < -0.4 is 0 Å². The molecule has 1 aromatic rings. The number of hydrogen-bond acceptors (Lipinski definition) is 5. The quantitative estimate of drug-likeness (QED) is 0.641. The van der Waals surface area contributed by atoms with Crippen LogP contribution in [-0.2, 0) is 14.3 Å². The van der Waals surface area contributed by atoms with E-state index in [1.807, 2.05) is 24.3 Å². The number of aliphatic hydroxyl groups is 1. The molecular weight excluding hydrogens is 370 g/mol. The molecule has 0 saturated carbocycles. The molecule has 1 N–H and O–H groups in total. The Morgan fingerprint density at radius 3 is 3.00 bits per heavy atom. The van der Waals surface area contributed by atoms with Gasteiger partial charge in [0, 0.05) is 10.2 Å². The third-order valence-electron chi connectivity index (χ3n) is 3.63. The van der Waals surface area contributed by atoms with Crippen molar-refractivity contribution in [3.63, 3.8) is 0 Å². The number of hydrogen-bond donors (Lipinski definition) is 1. The number of esters is 1. The third kappa shape index (κ3) is 2.42. The van der Waals surface area contributed by atoms with E-state index in [9.17, 15) is 14.7 Å². The molecule has 0 spiro atoms. The molecule has 22 heavy (non-hydrogen) atoms. The summed E-state index contributed by atoms with van der Waals surface area (Å²) in [6, 6.07) is 7.21. The molecule has 0 aliphatic carbocycles. The van der Waals surface area contributed by atoms with Gasteiger partial charge in [0.1, 0.15) is 17.2 Å². The summed E-state index contributed by atoms with van der Waals surface area (Å²) in [5.74, 6) is -0.834.